The number of aryl methyl sites for hydroxylation is 1. The summed E-state index contributed by atoms with van der Waals surface area (Å²) < 4.78 is 31.9. The number of esters is 1. The van der Waals surface area contributed by atoms with Crippen LogP contribution in [0.2, 0.25) is 0 Å². The van der Waals surface area contributed by atoms with Crippen LogP contribution in [0.15, 0.2) is 23.1 Å². The third kappa shape index (κ3) is 4.91. The molecule has 0 bridgehead atoms. The molecule has 1 atom stereocenters. The molecule has 8 heteroatoms. The lowest BCUT2D eigenvalue weighted by Crippen LogP contribution is -2.44. The standard InChI is InChI=1S/C20H30N2O5S/c1-5-21(6-2)28(25,26)17-11-10-15(3)18(13-17)20(24)27-14-19(23)22-12-8-7-9-16(22)4/h10-11,13,16H,5-9,12,14H2,1-4H3/t16-/m0/s1. The van der Waals surface area contributed by atoms with Crippen LogP contribution in [0.3, 0.4) is 0 Å². The number of hydrogen-bond acceptors (Lipinski definition) is 5. The number of benzene rings is 1. The lowest BCUT2D eigenvalue weighted by atomic mass is 10.0. The van der Waals surface area contributed by atoms with E-state index >= 15 is 0 Å². The van der Waals surface area contributed by atoms with Crippen molar-refractivity contribution in [3.8, 4) is 0 Å². The van der Waals surface area contributed by atoms with Crippen molar-refractivity contribution in [2.24, 2.45) is 0 Å². The Balaban J connectivity index is 2.14. The highest BCUT2D eigenvalue weighted by Crippen LogP contribution is 2.21. The number of amides is 1. The van der Waals surface area contributed by atoms with E-state index in [1.165, 1.54) is 16.4 Å². The molecule has 0 saturated carbocycles. The van der Waals surface area contributed by atoms with Gasteiger partial charge in [0, 0.05) is 25.7 Å². The van der Waals surface area contributed by atoms with E-state index in [2.05, 4.69) is 0 Å². The lowest BCUT2D eigenvalue weighted by Gasteiger charge is -2.33. The van der Waals surface area contributed by atoms with Gasteiger partial charge in [0.25, 0.3) is 5.91 Å². The predicted molar refractivity (Wildman–Crippen MR) is 107 cm³/mol. The van der Waals surface area contributed by atoms with E-state index in [-0.39, 0.29) is 29.0 Å². The SMILES string of the molecule is CCN(CC)S(=O)(=O)c1ccc(C)c(C(=O)OCC(=O)N2CCCC[C@@H]2C)c1. The molecule has 1 aliphatic rings. The lowest BCUT2D eigenvalue weighted by molar-refractivity contribution is -0.137. The first kappa shape index (κ1) is 22.4. The molecule has 1 aromatic rings. The smallest absolute Gasteiger partial charge is 0.338 e. The Morgan fingerprint density at radius 3 is 2.50 bits per heavy atom. The minimum Gasteiger partial charge on any atom is -0.452 e. The number of likely N-dealkylation sites (tertiary alicyclic amines) is 1. The summed E-state index contributed by atoms with van der Waals surface area (Å²) in [5.41, 5.74) is 0.759. The number of carbonyl (C=O) groups is 2. The molecule has 0 unspecified atom stereocenters. The minimum atomic E-state index is -3.68. The number of rotatable bonds is 7. The highest BCUT2D eigenvalue weighted by Gasteiger charge is 2.26. The average molecular weight is 411 g/mol. The van der Waals surface area contributed by atoms with E-state index in [1.54, 1.807) is 31.7 Å². The van der Waals surface area contributed by atoms with Crippen LogP contribution < -0.4 is 0 Å². The second-order valence-electron chi connectivity index (χ2n) is 7.07. The highest BCUT2D eigenvalue weighted by atomic mass is 32.2. The second kappa shape index (κ2) is 9.52. The van der Waals surface area contributed by atoms with Gasteiger partial charge in [-0.2, -0.15) is 4.31 Å². The van der Waals surface area contributed by atoms with Gasteiger partial charge in [-0.3, -0.25) is 4.79 Å². The van der Waals surface area contributed by atoms with Crippen molar-refractivity contribution >= 4 is 21.9 Å². The number of sulfonamides is 1. The second-order valence-corrected chi connectivity index (χ2v) is 9.01. The molecule has 1 aliphatic heterocycles. The van der Waals surface area contributed by atoms with Gasteiger partial charge in [0.05, 0.1) is 10.5 Å². The molecule has 1 heterocycles. The molecule has 1 saturated heterocycles. The Kier molecular flexibility index (Phi) is 7.60. The highest BCUT2D eigenvalue weighted by molar-refractivity contribution is 7.89. The van der Waals surface area contributed by atoms with Crippen LogP contribution in [0.25, 0.3) is 0 Å². The van der Waals surface area contributed by atoms with Crippen molar-refractivity contribution in [2.45, 2.75) is 57.9 Å². The fourth-order valence-corrected chi connectivity index (χ4v) is 4.94. The minimum absolute atomic E-state index is 0.0460. The van der Waals surface area contributed by atoms with E-state index in [1.807, 2.05) is 6.92 Å². The van der Waals surface area contributed by atoms with Gasteiger partial charge >= 0.3 is 5.97 Å². The van der Waals surface area contributed by atoms with Crippen molar-refractivity contribution in [2.75, 3.05) is 26.2 Å². The van der Waals surface area contributed by atoms with Crippen LogP contribution in [0.5, 0.6) is 0 Å². The van der Waals surface area contributed by atoms with Gasteiger partial charge < -0.3 is 9.64 Å². The van der Waals surface area contributed by atoms with E-state index < -0.39 is 16.0 Å². The van der Waals surface area contributed by atoms with Crippen molar-refractivity contribution in [3.63, 3.8) is 0 Å². The van der Waals surface area contributed by atoms with Crippen molar-refractivity contribution < 1.29 is 22.7 Å². The fraction of sp³-hybridized carbons (Fsp3) is 0.600. The summed E-state index contributed by atoms with van der Waals surface area (Å²) in [6.07, 6.45) is 3.00. The number of nitrogens with zero attached hydrogens (tertiary/aromatic N) is 2. The molecule has 1 aromatic carbocycles. The van der Waals surface area contributed by atoms with Gasteiger partial charge in [-0.1, -0.05) is 19.9 Å². The van der Waals surface area contributed by atoms with Crippen LogP contribution in [-0.4, -0.2) is 61.8 Å². The van der Waals surface area contributed by atoms with E-state index in [0.717, 1.165) is 19.3 Å². The molecule has 2 rings (SSSR count). The number of piperidine rings is 1. The first-order valence-corrected chi connectivity index (χ1v) is 11.2. The summed E-state index contributed by atoms with van der Waals surface area (Å²) in [7, 11) is -3.68. The molecule has 0 aromatic heterocycles. The molecule has 1 amide bonds. The number of carbonyl (C=O) groups excluding carboxylic acids is 2. The van der Waals surface area contributed by atoms with Crippen LogP contribution in [0.4, 0.5) is 0 Å². The summed E-state index contributed by atoms with van der Waals surface area (Å²) >= 11 is 0. The molecule has 0 N–H and O–H groups in total. The van der Waals surface area contributed by atoms with Gasteiger partial charge in [-0.15, -0.1) is 0 Å². The molecule has 0 aliphatic carbocycles. The van der Waals surface area contributed by atoms with Crippen LogP contribution in [-0.2, 0) is 19.6 Å². The van der Waals surface area contributed by atoms with Crippen molar-refractivity contribution in [1.82, 2.24) is 9.21 Å². The summed E-state index contributed by atoms with van der Waals surface area (Å²) in [5.74, 6) is -0.905. The molecule has 156 valence electrons. The van der Waals surface area contributed by atoms with Gasteiger partial charge in [0.15, 0.2) is 6.61 Å². The van der Waals surface area contributed by atoms with E-state index in [9.17, 15) is 18.0 Å². The molecule has 1 fully saturated rings. The molecule has 28 heavy (non-hydrogen) atoms. The third-order valence-electron chi connectivity index (χ3n) is 5.22. The summed E-state index contributed by atoms with van der Waals surface area (Å²) in [6.45, 7) is 8.24. The average Bonchev–Trinajstić information content (AvgIpc) is 2.67. The molecule has 7 nitrogen and oxygen atoms in total. The zero-order chi connectivity index (χ0) is 20.9. The van der Waals surface area contributed by atoms with Crippen LogP contribution in [0, 0.1) is 6.92 Å². The maximum absolute atomic E-state index is 12.7. The topological polar surface area (TPSA) is 84.0 Å². The Bertz CT molecular complexity index is 818. The van der Waals surface area contributed by atoms with Crippen molar-refractivity contribution in [1.29, 1.82) is 0 Å². The zero-order valence-electron chi connectivity index (χ0n) is 17.1. The Labute approximate surface area is 167 Å². The normalized spacial score (nSPS) is 17.6. The van der Waals surface area contributed by atoms with Gasteiger partial charge in [0.1, 0.15) is 0 Å². The first-order chi connectivity index (χ1) is 13.2. The molecule has 0 radical (unpaired) electrons. The number of ether oxygens (including phenoxy) is 1. The maximum Gasteiger partial charge on any atom is 0.338 e. The summed E-state index contributed by atoms with van der Waals surface area (Å²) in [5, 5.41) is 0. The molecular formula is C20H30N2O5S. The first-order valence-electron chi connectivity index (χ1n) is 9.79. The van der Waals surface area contributed by atoms with Gasteiger partial charge in [-0.25, -0.2) is 13.2 Å². The van der Waals surface area contributed by atoms with Crippen LogP contribution >= 0.6 is 0 Å². The van der Waals surface area contributed by atoms with Crippen molar-refractivity contribution in [3.05, 3.63) is 29.3 Å². The largest absolute Gasteiger partial charge is 0.452 e. The molecule has 0 spiro atoms. The summed E-state index contributed by atoms with van der Waals surface area (Å²) in [6, 6.07) is 4.55. The summed E-state index contributed by atoms with van der Waals surface area (Å²) in [4.78, 5) is 26.7. The van der Waals surface area contributed by atoms with Gasteiger partial charge in [-0.05, 0) is 50.8 Å². The fourth-order valence-electron chi connectivity index (χ4n) is 3.45. The Morgan fingerprint density at radius 2 is 1.89 bits per heavy atom. The maximum atomic E-state index is 12.7. The zero-order valence-corrected chi connectivity index (χ0v) is 17.9. The Morgan fingerprint density at radius 1 is 1.21 bits per heavy atom. The van der Waals surface area contributed by atoms with E-state index in [4.69, 9.17) is 4.74 Å². The Hall–Kier alpha value is -1.93. The van der Waals surface area contributed by atoms with Gasteiger partial charge in [0.2, 0.25) is 10.0 Å². The monoisotopic (exact) mass is 410 g/mol. The molecular weight excluding hydrogens is 380 g/mol. The predicted octanol–water partition coefficient (Wildman–Crippen LogP) is 2.58. The number of hydrogen-bond donors (Lipinski definition) is 0. The van der Waals surface area contributed by atoms with E-state index in [0.29, 0.717) is 25.2 Å². The third-order valence-corrected chi connectivity index (χ3v) is 7.27. The van der Waals surface area contributed by atoms with Crippen LogP contribution in [0.1, 0.15) is 56.0 Å². The quantitative estimate of drug-likeness (QED) is 0.645.